The average molecular weight is 286 g/mol. The summed E-state index contributed by atoms with van der Waals surface area (Å²) in [6.07, 6.45) is 0. The number of amides is 1. The monoisotopic (exact) mass is 286 g/mol. The van der Waals surface area contributed by atoms with Gasteiger partial charge in [0, 0.05) is 17.8 Å². The van der Waals surface area contributed by atoms with Crippen LogP contribution >= 0.6 is 0 Å². The topological polar surface area (TPSA) is 41.1 Å². The quantitative estimate of drug-likeness (QED) is 0.886. The normalized spacial score (nSPS) is 10.4. The number of rotatable bonds is 5. The smallest absolute Gasteiger partial charge is 0.238 e. The molecule has 0 aromatic heterocycles. The van der Waals surface area contributed by atoms with Crippen LogP contribution in [0, 0.1) is 19.7 Å². The van der Waals surface area contributed by atoms with Gasteiger partial charge in [-0.05, 0) is 43.2 Å². The molecular formula is C17H19FN2O. The number of anilines is 1. The Hall–Kier alpha value is -2.20. The van der Waals surface area contributed by atoms with Crippen molar-refractivity contribution < 1.29 is 9.18 Å². The molecule has 3 nitrogen and oxygen atoms in total. The first-order chi connectivity index (χ1) is 10.0. The van der Waals surface area contributed by atoms with Gasteiger partial charge in [0.15, 0.2) is 0 Å². The zero-order chi connectivity index (χ0) is 15.2. The van der Waals surface area contributed by atoms with Crippen molar-refractivity contribution in [2.45, 2.75) is 20.4 Å². The molecule has 0 aliphatic heterocycles. The molecule has 2 aromatic carbocycles. The van der Waals surface area contributed by atoms with E-state index < -0.39 is 0 Å². The Bertz CT molecular complexity index is 620. The zero-order valence-corrected chi connectivity index (χ0v) is 12.2. The maximum absolute atomic E-state index is 13.4. The third-order valence-electron chi connectivity index (χ3n) is 3.06. The molecule has 21 heavy (non-hydrogen) atoms. The third-order valence-corrected chi connectivity index (χ3v) is 3.06. The van der Waals surface area contributed by atoms with Crippen LogP contribution in [0.25, 0.3) is 0 Å². The molecule has 1 amide bonds. The standard InChI is InChI=1S/C17H19FN2O/c1-12-7-13(2)9-15(8-12)20-17(21)11-19-10-14-5-3-4-6-16(14)18/h3-9,19H,10-11H2,1-2H3,(H,20,21). The fourth-order valence-corrected chi connectivity index (χ4v) is 2.20. The molecule has 0 spiro atoms. The largest absolute Gasteiger partial charge is 0.325 e. The fourth-order valence-electron chi connectivity index (χ4n) is 2.20. The van der Waals surface area contributed by atoms with Gasteiger partial charge >= 0.3 is 0 Å². The van der Waals surface area contributed by atoms with Crippen molar-refractivity contribution in [2.75, 3.05) is 11.9 Å². The lowest BCUT2D eigenvalue weighted by Crippen LogP contribution is -2.28. The summed E-state index contributed by atoms with van der Waals surface area (Å²) < 4.78 is 13.4. The van der Waals surface area contributed by atoms with Gasteiger partial charge in [-0.1, -0.05) is 24.3 Å². The lowest BCUT2D eigenvalue weighted by molar-refractivity contribution is -0.115. The molecule has 0 unspecified atom stereocenters. The highest BCUT2D eigenvalue weighted by Gasteiger charge is 2.04. The van der Waals surface area contributed by atoms with Crippen LogP contribution in [-0.2, 0) is 11.3 Å². The molecule has 0 bridgehead atoms. The Labute approximate surface area is 124 Å². The van der Waals surface area contributed by atoms with Gasteiger partial charge in [0.2, 0.25) is 5.91 Å². The Morgan fingerprint density at radius 1 is 1.10 bits per heavy atom. The zero-order valence-electron chi connectivity index (χ0n) is 12.2. The van der Waals surface area contributed by atoms with Crippen LogP contribution in [0.15, 0.2) is 42.5 Å². The average Bonchev–Trinajstić information content (AvgIpc) is 2.39. The van der Waals surface area contributed by atoms with E-state index >= 15 is 0 Å². The molecule has 0 saturated heterocycles. The highest BCUT2D eigenvalue weighted by Crippen LogP contribution is 2.13. The summed E-state index contributed by atoms with van der Waals surface area (Å²) >= 11 is 0. The molecule has 0 aliphatic rings. The van der Waals surface area contributed by atoms with Gasteiger partial charge in [0.1, 0.15) is 5.82 Å². The van der Waals surface area contributed by atoms with Crippen LogP contribution in [0.3, 0.4) is 0 Å². The summed E-state index contributed by atoms with van der Waals surface area (Å²) in [6.45, 7) is 4.44. The molecule has 2 aromatic rings. The Balaban J connectivity index is 1.84. The summed E-state index contributed by atoms with van der Waals surface area (Å²) in [4.78, 5) is 11.8. The van der Waals surface area contributed by atoms with Gasteiger partial charge in [-0.3, -0.25) is 4.79 Å². The van der Waals surface area contributed by atoms with Gasteiger partial charge in [-0.25, -0.2) is 4.39 Å². The molecule has 0 fully saturated rings. The predicted molar refractivity (Wildman–Crippen MR) is 82.7 cm³/mol. The van der Waals surface area contributed by atoms with Crippen LogP contribution in [-0.4, -0.2) is 12.5 Å². The summed E-state index contributed by atoms with van der Waals surface area (Å²) in [5, 5.41) is 5.77. The number of halogens is 1. The van der Waals surface area contributed by atoms with E-state index in [0.29, 0.717) is 12.1 Å². The predicted octanol–water partition coefficient (Wildman–Crippen LogP) is 3.17. The highest BCUT2D eigenvalue weighted by atomic mass is 19.1. The van der Waals surface area contributed by atoms with Crippen molar-refractivity contribution in [1.82, 2.24) is 5.32 Å². The Morgan fingerprint density at radius 3 is 2.43 bits per heavy atom. The van der Waals surface area contributed by atoms with Crippen molar-refractivity contribution in [1.29, 1.82) is 0 Å². The number of hydrogen-bond donors (Lipinski definition) is 2. The van der Waals surface area contributed by atoms with Crippen LogP contribution < -0.4 is 10.6 Å². The van der Waals surface area contributed by atoms with Crippen LogP contribution in [0.4, 0.5) is 10.1 Å². The maximum Gasteiger partial charge on any atom is 0.238 e. The molecule has 110 valence electrons. The molecule has 2 N–H and O–H groups in total. The minimum atomic E-state index is -0.264. The van der Waals surface area contributed by atoms with Gasteiger partial charge in [0.25, 0.3) is 0 Å². The van der Waals surface area contributed by atoms with E-state index in [-0.39, 0.29) is 18.3 Å². The number of hydrogen-bond acceptors (Lipinski definition) is 2. The van der Waals surface area contributed by atoms with Crippen molar-refractivity contribution in [2.24, 2.45) is 0 Å². The molecule has 0 saturated carbocycles. The fraction of sp³-hybridized carbons (Fsp3) is 0.235. The first kappa shape index (κ1) is 15.2. The summed E-state index contributed by atoms with van der Waals surface area (Å²) in [6, 6.07) is 12.4. The van der Waals surface area contributed by atoms with E-state index in [4.69, 9.17) is 0 Å². The summed E-state index contributed by atoms with van der Waals surface area (Å²) in [5.74, 6) is -0.406. The van der Waals surface area contributed by atoms with Crippen LogP contribution in [0.1, 0.15) is 16.7 Å². The van der Waals surface area contributed by atoms with E-state index in [2.05, 4.69) is 10.6 Å². The second kappa shape index (κ2) is 6.99. The molecular weight excluding hydrogens is 267 g/mol. The maximum atomic E-state index is 13.4. The second-order valence-corrected chi connectivity index (χ2v) is 5.12. The van der Waals surface area contributed by atoms with Crippen molar-refractivity contribution in [3.63, 3.8) is 0 Å². The lowest BCUT2D eigenvalue weighted by atomic mass is 10.1. The van der Waals surface area contributed by atoms with Crippen LogP contribution in [0.5, 0.6) is 0 Å². The molecule has 4 heteroatoms. The molecule has 0 aliphatic carbocycles. The minimum absolute atomic E-state index is 0.140. The second-order valence-electron chi connectivity index (χ2n) is 5.12. The number of benzene rings is 2. The number of carbonyl (C=O) groups excluding carboxylic acids is 1. The van der Waals surface area contributed by atoms with Gasteiger partial charge in [0.05, 0.1) is 6.54 Å². The number of aryl methyl sites for hydroxylation is 2. The highest BCUT2D eigenvalue weighted by molar-refractivity contribution is 5.92. The Morgan fingerprint density at radius 2 is 1.76 bits per heavy atom. The minimum Gasteiger partial charge on any atom is -0.325 e. The van der Waals surface area contributed by atoms with Gasteiger partial charge in [-0.2, -0.15) is 0 Å². The molecule has 0 radical (unpaired) electrons. The molecule has 2 rings (SSSR count). The van der Waals surface area contributed by atoms with E-state index in [1.165, 1.54) is 6.07 Å². The van der Waals surface area contributed by atoms with Crippen molar-refractivity contribution >= 4 is 11.6 Å². The van der Waals surface area contributed by atoms with Gasteiger partial charge in [-0.15, -0.1) is 0 Å². The Kier molecular flexibility index (Phi) is 5.06. The SMILES string of the molecule is Cc1cc(C)cc(NC(=O)CNCc2ccccc2F)c1. The van der Waals surface area contributed by atoms with Gasteiger partial charge < -0.3 is 10.6 Å². The first-order valence-electron chi connectivity index (χ1n) is 6.87. The number of carbonyl (C=O) groups is 1. The molecule has 0 heterocycles. The van der Waals surface area contributed by atoms with E-state index in [1.54, 1.807) is 18.2 Å². The first-order valence-corrected chi connectivity index (χ1v) is 6.87. The van der Waals surface area contributed by atoms with Crippen LogP contribution in [0.2, 0.25) is 0 Å². The van der Waals surface area contributed by atoms with E-state index in [0.717, 1.165) is 16.8 Å². The lowest BCUT2D eigenvalue weighted by Gasteiger charge is -2.09. The molecule has 0 atom stereocenters. The summed E-state index contributed by atoms with van der Waals surface area (Å²) in [5.41, 5.74) is 3.54. The third kappa shape index (κ3) is 4.68. The van der Waals surface area contributed by atoms with Crippen molar-refractivity contribution in [3.05, 3.63) is 65.0 Å². The van der Waals surface area contributed by atoms with E-state index in [1.807, 2.05) is 32.0 Å². The van der Waals surface area contributed by atoms with Crippen molar-refractivity contribution in [3.8, 4) is 0 Å². The van der Waals surface area contributed by atoms with E-state index in [9.17, 15) is 9.18 Å². The summed E-state index contributed by atoms with van der Waals surface area (Å²) in [7, 11) is 0. The number of nitrogens with one attached hydrogen (secondary N) is 2.